The van der Waals surface area contributed by atoms with Crippen molar-refractivity contribution in [1.29, 1.82) is 0 Å². The number of aryl methyl sites for hydroxylation is 1. The fourth-order valence-corrected chi connectivity index (χ4v) is 2.69. The van der Waals surface area contributed by atoms with Crippen molar-refractivity contribution in [2.24, 2.45) is 0 Å². The van der Waals surface area contributed by atoms with Crippen LogP contribution in [-0.2, 0) is 0 Å². The summed E-state index contributed by atoms with van der Waals surface area (Å²) in [7, 11) is 0. The van der Waals surface area contributed by atoms with Crippen molar-refractivity contribution in [3.05, 3.63) is 34.4 Å². The number of carbonyl (C=O) groups excluding carboxylic acids is 1. The molecule has 1 heterocycles. The number of Topliss-reactive ketones (excluding diaryl/α,β-unsaturated/α-hetero) is 1. The zero-order valence-electron chi connectivity index (χ0n) is 11.7. The maximum Gasteiger partial charge on any atom is 0.164 e. The fourth-order valence-electron chi connectivity index (χ4n) is 2.69. The molecule has 98 valence electrons. The number of hydrogen-bond acceptors (Lipinski definition) is 2. The highest BCUT2D eigenvalue weighted by molar-refractivity contribution is 5.98. The van der Waals surface area contributed by atoms with Gasteiger partial charge in [-0.25, -0.2) is 0 Å². The van der Waals surface area contributed by atoms with Gasteiger partial charge in [-0.05, 0) is 56.8 Å². The lowest BCUT2D eigenvalue weighted by molar-refractivity contribution is 0.0963. The van der Waals surface area contributed by atoms with E-state index in [0.717, 1.165) is 24.1 Å². The molecule has 1 unspecified atom stereocenters. The monoisotopic (exact) mass is 245 g/mol. The van der Waals surface area contributed by atoms with E-state index in [-0.39, 0.29) is 5.78 Å². The molecule has 1 aliphatic heterocycles. The molecule has 2 heteroatoms. The van der Waals surface area contributed by atoms with Crippen LogP contribution < -0.4 is 5.32 Å². The highest BCUT2D eigenvalue weighted by Crippen LogP contribution is 2.20. The van der Waals surface area contributed by atoms with Gasteiger partial charge < -0.3 is 5.32 Å². The zero-order valence-corrected chi connectivity index (χ0v) is 11.7. The molecule has 0 aliphatic carbocycles. The molecule has 2 rings (SSSR count). The average molecular weight is 245 g/mol. The quantitative estimate of drug-likeness (QED) is 0.828. The molecule has 0 amide bonds. The lowest BCUT2D eigenvalue weighted by atomic mass is 9.92. The van der Waals surface area contributed by atoms with Crippen molar-refractivity contribution in [3.8, 4) is 0 Å². The highest BCUT2D eigenvalue weighted by atomic mass is 16.1. The highest BCUT2D eigenvalue weighted by Gasteiger charge is 2.19. The molecular formula is C16H23NO. The lowest BCUT2D eigenvalue weighted by Gasteiger charge is -2.23. The Kier molecular flexibility index (Phi) is 4.18. The van der Waals surface area contributed by atoms with Crippen molar-refractivity contribution < 1.29 is 4.79 Å². The maximum atomic E-state index is 12.4. The second-order valence-corrected chi connectivity index (χ2v) is 5.45. The van der Waals surface area contributed by atoms with E-state index in [1.54, 1.807) is 0 Å². The summed E-state index contributed by atoms with van der Waals surface area (Å²) in [6, 6.07) is 4.43. The first-order valence-corrected chi connectivity index (χ1v) is 6.93. The molecule has 0 saturated carbocycles. The molecule has 1 saturated heterocycles. The summed E-state index contributed by atoms with van der Waals surface area (Å²) in [6.07, 6.45) is 4.27. The predicted octanol–water partition coefficient (Wildman–Crippen LogP) is 3.33. The summed E-state index contributed by atoms with van der Waals surface area (Å²) in [4.78, 5) is 12.4. The fraction of sp³-hybridized carbons (Fsp3) is 0.562. The van der Waals surface area contributed by atoms with Gasteiger partial charge in [-0.3, -0.25) is 4.79 Å². The molecule has 1 aromatic rings. The minimum Gasteiger partial charge on any atom is -0.314 e. The molecule has 0 aromatic heterocycles. The van der Waals surface area contributed by atoms with Crippen LogP contribution >= 0.6 is 0 Å². The van der Waals surface area contributed by atoms with Gasteiger partial charge in [0.15, 0.2) is 5.78 Å². The second kappa shape index (κ2) is 5.66. The Bertz CT molecular complexity index is 445. The van der Waals surface area contributed by atoms with Crippen LogP contribution in [0.5, 0.6) is 0 Å². The van der Waals surface area contributed by atoms with E-state index >= 15 is 0 Å². The van der Waals surface area contributed by atoms with E-state index < -0.39 is 0 Å². The SMILES string of the molecule is Cc1ccc(C(=O)CC2CCCCN2)c(C)c1C. The molecule has 1 N–H and O–H groups in total. The maximum absolute atomic E-state index is 12.4. The van der Waals surface area contributed by atoms with Crippen LogP contribution in [0.2, 0.25) is 0 Å². The Hall–Kier alpha value is -1.15. The summed E-state index contributed by atoms with van der Waals surface area (Å²) < 4.78 is 0. The largest absolute Gasteiger partial charge is 0.314 e. The Morgan fingerprint density at radius 2 is 2.00 bits per heavy atom. The number of carbonyl (C=O) groups is 1. The van der Waals surface area contributed by atoms with Crippen molar-refractivity contribution in [2.45, 2.75) is 52.5 Å². The third kappa shape index (κ3) is 2.81. The minimum atomic E-state index is 0.287. The standard InChI is InChI=1S/C16H23NO/c1-11-7-8-15(13(3)12(11)2)16(18)10-14-6-4-5-9-17-14/h7-8,14,17H,4-6,9-10H2,1-3H3. The van der Waals surface area contributed by atoms with E-state index in [0.29, 0.717) is 12.5 Å². The van der Waals surface area contributed by atoms with Crippen LogP contribution in [0.25, 0.3) is 0 Å². The van der Waals surface area contributed by atoms with Gasteiger partial charge >= 0.3 is 0 Å². The van der Waals surface area contributed by atoms with Gasteiger partial charge in [-0.1, -0.05) is 18.6 Å². The first kappa shape index (κ1) is 13.3. The van der Waals surface area contributed by atoms with E-state index in [1.807, 2.05) is 6.07 Å². The van der Waals surface area contributed by atoms with E-state index in [9.17, 15) is 4.79 Å². The topological polar surface area (TPSA) is 29.1 Å². The van der Waals surface area contributed by atoms with Crippen LogP contribution in [0.4, 0.5) is 0 Å². The number of benzene rings is 1. The third-order valence-corrected chi connectivity index (χ3v) is 4.20. The minimum absolute atomic E-state index is 0.287. The molecule has 0 spiro atoms. The normalized spacial score (nSPS) is 19.8. The van der Waals surface area contributed by atoms with Crippen molar-refractivity contribution in [1.82, 2.24) is 5.32 Å². The second-order valence-electron chi connectivity index (χ2n) is 5.45. The van der Waals surface area contributed by atoms with Gasteiger partial charge in [0.1, 0.15) is 0 Å². The molecule has 2 nitrogen and oxygen atoms in total. The molecule has 0 bridgehead atoms. The smallest absolute Gasteiger partial charge is 0.164 e. The summed E-state index contributed by atoms with van der Waals surface area (Å²) >= 11 is 0. The van der Waals surface area contributed by atoms with Gasteiger partial charge in [0.2, 0.25) is 0 Å². The number of piperidine rings is 1. The third-order valence-electron chi connectivity index (χ3n) is 4.20. The first-order valence-electron chi connectivity index (χ1n) is 6.93. The Morgan fingerprint density at radius 1 is 1.22 bits per heavy atom. The Morgan fingerprint density at radius 3 is 2.67 bits per heavy atom. The van der Waals surface area contributed by atoms with Crippen LogP contribution in [-0.4, -0.2) is 18.4 Å². The van der Waals surface area contributed by atoms with E-state index in [2.05, 4.69) is 32.2 Å². The summed E-state index contributed by atoms with van der Waals surface area (Å²) in [6.45, 7) is 7.31. The number of ketones is 1. The Labute approximate surface area is 110 Å². The van der Waals surface area contributed by atoms with Gasteiger partial charge in [0.25, 0.3) is 0 Å². The number of rotatable bonds is 3. The first-order chi connectivity index (χ1) is 8.59. The molecule has 1 atom stereocenters. The van der Waals surface area contributed by atoms with Gasteiger partial charge in [0, 0.05) is 18.0 Å². The van der Waals surface area contributed by atoms with Crippen molar-refractivity contribution in [3.63, 3.8) is 0 Å². The number of hydrogen-bond donors (Lipinski definition) is 1. The molecule has 1 aromatic carbocycles. The van der Waals surface area contributed by atoms with Gasteiger partial charge in [-0.15, -0.1) is 0 Å². The van der Waals surface area contributed by atoms with Crippen LogP contribution in [0, 0.1) is 20.8 Å². The zero-order chi connectivity index (χ0) is 13.1. The summed E-state index contributed by atoms with van der Waals surface area (Å²) in [5, 5.41) is 3.44. The molecular weight excluding hydrogens is 222 g/mol. The summed E-state index contributed by atoms with van der Waals surface area (Å²) in [5.41, 5.74) is 4.57. The molecule has 1 aliphatic rings. The molecule has 18 heavy (non-hydrogen) atoms. The average Bonchev–Trinajstić information content (AvgIpc) is 2.37. The van der Waals surface area contributed by atoms with Gasteiger partial charge in [-0.2, -0.15) is 0 Å². The van der Waals surface area contributed by atoms with Crippen LogP contribution in [0.15, 0.2) is 12.1 Å². The van der Waals surface area contributed by atoms with Crippen molar-refractivity contribution >= 4 is 5.78 Å². The van der Waals surface area contributed by atoms with E-state index in [4.69, 9.17) is 0 Å². The number of nitrogens with one attached hydrogen (secondary N) is 1. The summed E-state index contributed by atoms with van der Waals surface area (Å²) in [5.74, 6) is 0.287. The van der Waals surface area contributed by atoms with Crippen molar-refractivity contribution in [2.75, 3.05) is 6.54 Å². The van der Waals surface area contributed by atoms with Gasteiger partial charge in [0.05, 0.1) is 0 Å². The van der Waals surface area contributed by atoms with Crippen LogP contribution in [0.3, 0.4) is 0 Å². The Balaban J connectivity index is 2.11. The van der Waals surface area contributed by atoms with Crippen LogP contribution in [0.1, 0.15) is 52.7 Å². The molecule has 0 radical (unpaired) electrons. The van der Waals surface area contributed by atoms with E-state index in [1.165, 1.54) is 24.0 Å². The molecule has 1 fully saturated rings. The lowest BCUT2D eigenvalue weighted by Crippen LogP contribution is -2.35. The predicted molar refractivity (Wildman–Crippen MR) is 75.2 cm³/mol.